The summed E-state index contributed by atoms with van der Waals surface area (Å²) in [5.74, 6) is 2.03. The molecule has 2 aromatic rings. The van der Waals surface area contributed by atoms with E-state index in [2.05, 4.69) is 50.9 Å². The molecule has 0 radical (unpaired) electrons. The lowest BCUT2D eigenvalue weighted by molar-refractivity contribution is 0.0443. The van der Waals surface area contributed by atoms with Gasteiger partial charge in [0.05, 0.1) is 11.0 Å². The van der Waals surface area contributed by atoms with Crippen LogP contribution in [0.4, 0.5) is 5.95 Å². The molecule has 0 spiro atoms. The van der Waals surface area contributed by atoms with Gasteiger partial charge in [0.1, 0.15) is 0 Å². The molecule has 5 heteroatoms. The lowest BCUT2D eigenvalue weighted by Gasteiger charge is -2.46. The molecule has 2 unspecified atom stereocenters. The zero-order valence-corrected chi connectivity index (χ0v) is 19.9. The van der Waals surface area contributed by atoms with Crippen molar-refractivity contribution in [3.8, 4) is 0 Å². The highest BCUT2D eigenvalue weighted by Gasteiger charge is 2.39. The van der Waals surface area contributed by atoms with Crippen LogP contribution in [0, 0.1) is 5.92 Å². The van der Waals surface area contributed by atoms with Crippen LogP contribution in [-0.2, 0) is 0 Å². The molecular formula is C27H41N5. The van der Waals surface area contributed by atoms with Gasteiger partial charge in [-0.1, -0.05) is 44.2 Å². The fourth-order valence-corrected chi connectivity index (χ4v) is 7.27. The summed E-state index contributed by atoms with van der Waals surface area (Å²) in [5.41, 5.74) is 2.92. The van der Waals surface area contributed by atoms with Gasteiger partial charge in [0, 0.05) is 43.8 Å². The Morgan fingerprint density at radius 2 is 1.69 bits per heavy atom. The van der Waals surface area contributed by atoms with Crippen LogP contribution in [0.2, 0.25) is 0 Å². The van der Waals surface area contributed by atoms with Gasteiger partial charge in [-0.3, -0.25) is 4.90 Å². The molecule has 5 nitrogen and oxygen atoms in total. The average molecular weight is 436 g/mol. The number of hydrogen-bond donors (Lipinski definition) is 1. The van der Waals surface area contributed by atoms with Gasteiger partial charge in [-0.25, -0.2) is 4.98 Å². The van der Waals surface area contributed by atoms with Gasteiger partial charge >= 0.3 is 0 Å². The predicted molar refractivity (Wildman–Crippen MR) is 132 cm³/mol. The monoisotopic (exact) mass is 435 g/mol. The first-order valence-electron chi connectivity index (χ1n) is 13.4. The lowest BCUT2D eigenvalue weighted by Crippen LogP contribution is -2.50. The third-order valence-corrected chi connectivity index (χ3v) is 9.25. The van der Waals surface area contributed by atoms with Crippen molar-refractivity contribution in [1.82, 2.24) is 19.8 Å². The van der Waals surface area contributed by atoms with E-state index in [0.717, 1.165) is 19.0 Å². The summed E-state index contributed by atoms with van der Waals surface area (Å²) < 4.78 is 2.63. The van der Waals surface area contributed by atoms with E-state index in [4.69, 9.17) is 4.98 Å². The van der Waals surface area contributed by atoms with Crippen molar-refractivity contribution in [1.29, 1.82) is 0 Å². The Kier molecular flexibility index (Phi) is 5.67. The molecule has 174 valence electrons. The first kappa shape index (κ1) is 21.0. The third kappa shape index (κ3) is 3.75. The number of nitrogens with zero attached hydrogens (tertiary/aromatic N) is 4. The van der Waals surface area contributed by atoms with Gasteiger partial charge in [0.15, 0.2) is 0 Å². The van der Waals surface area contributed by atoms with Crippen molar-refractivity contribution < 1.29 is 0 Å². The second kappa shape index (κ2) is 8.64. The molecule has 1 aliphatic carbocycles. The molecule has 1 aromatic heterocycles. The molecule has 3 aliphatic heterocycles. The van der Waals surface area contributed by atoms with Crippen molar-refractivity contribution in [2.24, 2.45) is 5.92 Å². The quantitative estimate of drug-likeness (QED) is 0.738. The van der Waals surface area contributed by atoms with Crippen molar-refractivity contribution in [2.75, 3.05) is 37.6 Å². The molecule has 4 heterocycles. The number of aromatic nitrogens is 2. The summed E-state index contributed by atoms with van der Waals surface area (Å²) in [6.07, 6.45) is 13.7. The fourth-order valence-electron chi connectivity index (χ4n) is 7.27. The zero-order valence-electron chi connectivity index (χ0n) is 19.9. The van der Waals surface area contributed by atoms with Crippen molar-refractivity contribution in [2.45, 2.75) is 88.8 Å². The van der Waals surface area contributed by atoms with Gasteiger partial charge in [-0.15, -0.1) is 0 Å². The maximum atomic E-state index is 5.19. The van der Waals surface area contributed by atoms with Crippen LogP contribution < -0.4 is 10.2 Å². The maximum Gasteiger partial charge on any atom is 0.206 e. The summed E-state index contributed by atoms with van der Waals surface area (Å²) in [6.45, 7) is 8.51. The van der Waals surface area contributed by atoms with Gasteiger partial charge < -0.3 is 14.8 Å². The number of rotatable bonds is 3. The SMILES string of the molecule is CC1(N2CCC(n3c(N4CC5CCNC5C4)nc4ccccc43)CC2)CCCCCCC1. The molecule has 2 atom stereocenters. The molecule has 4 fully saturated rings. The number of piperidine rings is 1. The second-order valence-electron chi connectivity index (χ2n) is 11.3. The van der Waals surface area contributed by atoms with Crippen LogP contribution in [0.1, 0.15) is 77.2 Å². The Labute approximate surface area is 193 Å². The van der Waals surface area contributed by atoms with Crippen LogP contribution >= 0.6 is 0 Å². The van der Waals surface area contributed by atoms with Crippen LogP contribution in [0.3, 0.4) is 0 Å². The number of anilines is 1. The first-order chi connectivity index (χ1) is 15.7. The highest BCUT2D eigenvalue weighted by molar-refractivity contribution is 5.79. The van der Waals surface area contributed by atoms with E-state index >= 15 is 0 Å². The van der Waals surface area contributed by atoms with Gasteiger partial charge in [-0.2, -0.15) is 0 Å². The molecule has 4 aliphatic rings. The smallest absolute Gasteiger partial charge is 0.206 e. The van der Waals surface area contributed by atoms with E-state index in [9.17, 15) is 0 Å². The minimum absolute atomic E-state index is 0.420. The summed E-state index contributed by atoms with van der Waals surface area (Å²) in [7, 11) is 0. The number of fused-ring (bicyclic) bond motifs is 2. The maximum absolute atomic E-state index is 5.19. The highest BCUT2D eigenvalue weighted by Crippen LogP contribution is 2.39. The van der Waals surface area contributed by atoms with Crippen molar-refractivity contribution >= 4 is 17.0 Å². The fraction of sp³-hybridized carbons (Fsp3) is 0.741. The molecule has 32 heavy (non-hydrogen) atoms. The molecule has 0 bridgehead atoms. The van der Waals surface area contributed by atoms with E-state index in [1.54, 1.807) is 0 Å². The van der Waals surface area contributed by atoms with Gasteiger partial charge in [0.25, 0.3) is 0 Å². The van der Waals surface area contributed by atoms with E-state index in [-0.39, 0.29) is 0 Å². The van der Waals surface area contributed by atoms with Crippen LogP contribution in [0.25, 0.3) is 11.0 Å². The first-order valence-corrected chi connectivity index (χ1v) is 13.4. The molecular weight excluding hydrogens is 394 g/mol. The summed E-state index contributed by atoms with van der Waals surface area (Å²) >= 11 is 0. The number of hydrogen-bond acceptors (Lipinski definition) is 4. The summed E-state index contributed by atoms with van der Waals surface area (Å²) in [5, 5.41) is 3.72. The molecule has 6 rings (SSSR count). The zero-order chi connectivity index (χ0) is 21.5. The summed E-state index contributed by atoms with van der Waals surface area (Å²) in [4.78, 5) is 10.6. The Bertz CT molecular complexity index is 907. The Morgan fingerprint density at radius 3 is 2.47 bits per heavy atom. The number of imidazole rings is 1. The predicted octanol–water partition coefficient (Wildman–Crippen LogP) is 4.97. The standard InChI is InChI=1S/C27H41N5/c1-27(14-7-3-2-4-8-15-27)31-17-12-22(13-18-31)32-25-10-6-5-9-23(25)29-26(32)30-19-21-11-16-28-24(21)20-30/h5-6,9-10,21-22,24,28H,2-4,7-8,11-20H2,1H3. The van der Waals surface area contributed by atoms with Gasteiger partial charge in [-0.05, 0) is 63.6 Å². The van der Waals surface area contributed by atoms with Crippen LogP contribution in [0.15, 0.2) is 24.3 Å². The van der Waals surface area contributed by atoms with Crippen LogP contribution in [-0.4, -0.2) is 58.8 Å². The Morgan fingerprint density at radius 1 is 0.938 bits per heavy atom. The number of likely N-dealkylation sites (tertiary alicyclic amines) is 1. The molecule has 1 N–H and O–H groups in total. The van der Waals surface area contributed by atoms with Crippen molar-refractivity contribution in [3.63, 3.8) is 0 Å². The topological polar surface area (TPSA) is 36.3 Å². The minimum atomic E-state index is 0.420. The molecule has 1 saturated carbocycles. The summed E-state index contributed by atoms with van der Waals surface area (Å²) in [6, 6.07) is 10.1. The highest BCUT2D eigenvalue weighted by atomic mass is 15.4. The van der Waals surface area contributed by atoms with Gasteiger partial charge in [0.2, 0.25) is 5.95 Å². The average Bonchev–Trinajstić information content (AvgIpc) is 3.49. The van der Waals surface area contributed by atoms with E-state index in [0.29, 0.717) is 17.6 Å². The number of benzene rings is 1. The largest absolute Gasteiger partial charge is 0.340 e. The molecule has 0 amide bonds. The Hall–Kier alpha value is -1.59. The molecule has 3 saturated heterocycles. The lowest BCUT2D eigenvalue weighted by atomic mass is 9.82. The normalized spacial score (nSPS) is 29.8. The van der Waals surface area contributed by atoms with Crippen molar-refractivity contribution in [3.05, 3.63) is 24.3 Å². The molecule has 1 aromatic carbocycles. The van der Waals surface area contributed by atoms with E-state index in [1.807, 2.05) is 0 Å². The number of para-hydroxylation sites is 2. The Balaban J connectivity index is 1.23. The third-order valence-electron chi connectivity index (χ3n) is 9.25. The second-order valence-corrected chi connectivity index (χ2v) is 11.3. The number of nitrogens with one attached hydrogen (secondary N) is 1. The van der Waals surface area contributed by atoms with E-state index < -0.39 is 0 Å². The van der Waals surface area contributed by atoms with E-state index in [1.165, 1.54) is 101 Å². The van der Waals surface area contributed by atoms with Crippen LogP contribution in [0.5, 0.6) is 0 Å². The minimum Gasteiger partial charge on any atom is -0.340 e.